The van der Waals surface area contributed by atoms with Gasteiger partial charge in [0.2, 0.25) is 0 Å². The first-order valence-corrected chi connectivity index (χ1v) is 11.1. The van der Waals surface area contributed by atoms with Gasteiger partial charge < -0.3 is 20.6 Å². The van der Waals surface area contributed by atoms with Gasteiger partial charge in [0.25, 0.3) is 0 Å². The van der Waals surface area contributed by atoms with Crippen LogP contribution >= 0.6 is 11.6 Å². The first-order chi connectivity index (χ1) is 13.6. The van der Waals surface area contributed by atoms with Crippen LogP contribution < -0.4 is 15.5 Å². The van der Waals surface area contributed by atoms with Gasteiger partial charge in [0.05, 0.1) is 0 Å². The second-order valence-corrected chi connectivity index (χ2v) is 8.24. The Morgan fingerprint density at radius 3 is 2.86 bits per heavy atom. The predicted octanol–water partition coefficient (Wildman–Crippen LogP) is 3.83. The summed E-state index contributed by atoms with van der Waals surface area (Å²) >= 11 is 6.20. The van der Waals surface area contributed by atoms with Crippen molar-refractivity contribution in [1.82, 2.24) is 10.6 Å². The van der Waals surface area contributed by atoms with Gasteiger partial charge in [-0.1, -0.05) is 31.0 Å². The summed E-state index contributed by atoms with van der Waals surface area (Å²) in [7, 11) is 0. The number of nitrogens with zero attached hydrogens (tertiary/aromatic N) is 2. The van der Waals surface area contributed by atoms with E-state index < -0.39 is 0 Å². The highest BCUT2D eigenvalue weighted by atomic mass is 35.5. The maximum Gasteiger partial charge on any atom is 0.191 e. The number of aliphatic hydroxyl groups is 1. The highest BCUT2D eigenvalue weighted by Gasteiger charge is 2.24. The highest BCUT2D eigenvalue weighted by molar-refractivity contribution is 6.30. The third-order valence-corrected chi connectivity index (χ3v) is 5.68. The van der Waals surface area contributed by atoms with Crippen LogP contribution in [0.5, 0.6) is 0 Å². The summed E-state index contributed by atoms with van der Waals surface area (Å²) in [4.78, 5) is 7.21. The molecule has 3 N–H and O–H groups in total. The number of hydrogen-bond acceptors (Lipinski definition) is 3. The molecule has 0 radical (unpaired) electrons. The van der Waals surface area contributed by atoms with E-state index in [1.165, 1.54) is 17.7 Å². The Morgan fingerprint density at radius 2 is 2.14 bits per heavy atom. The molecule has 28 heavy (non-hydrogen) atoms. The molecular weight excluding hydrogens is 372 g/mol. The summed E-state index contributed by atoms with van der Waals surface area (Å²) in [6, 6.07) is 6.13. The summed E-state index contributed by atoms with van der Waals surface area (Å²) in [5, 5.41) is 16.9. The third kappa shape index (κ3) is 7.17. The quantitative estimate of drug-likeness (QED) is 0.406. The van der Waals surface area contributed by atoms with Gasteiger partial charge in [0.15, 0.2) is 5.96 Å². The lowest BCUT2D eigenvalue weighted by atomic mass is 10.0. The van der Waals surface area contributed by atoms with E-state index in [1.807, 2.05) is 6.07 Å². The van der Waals surface area contributed by atoms with Gasteiger partial charge in [-0.3, -0.25) is 4.99 Å². The van der Waals surface area contributed by atoms with Crippen LogP contribution in [0.15, 0.2) is 23.2 Å². The number of anilines is 1. The Labute approximate surface area is 175 Å². The Balaban J connectivity index is 1.88. The number of aliphatic imine (C=N–C) groups is 1. The number of aryl methyl sites for hydroxylation is 1. The van der Waals surface area contributed by atoms with Crippen LogP contribution in [0.25, 0.3) is 0 Å². The molecule has 0 saturated carbocycles. The Morgan fingerprint density at radius 1 is 1.32 bits per heavy atom. The van der Waals surface area contributed by atoms with E-state index in [4.69, 9.17) is 16.6 Å². The molecule has 1 heterocycles. The lowest BCUT2D eigenvalue weighted by molar-refractivity contribution is 0.253. The van der Waals surface area contributed by atoms with E-state index in [1.54, 1.807) is 0 Å². The van der Waals surface area contributed by atoms with Gasteiger partial charge in [0, 0.05) is 50.0 Å². The van der Waals surface area contributed by atoms with Gasteiger partial charge in [-0.05, 0) is 62.6 Å². The van der Waals surface area contributed by atoms with Gasteiger partial charge in [0.1, 0.15) is 0 Å². The summed E-state index contributed by atoms with van der Waals surface area (Å²) in [6.07, 6.45) is 4.24. The Hall–Kier alpha value is -1.46. The second kappa shape index (κ2) is 12.2. The molecule has 1 aliphatic rings. The number of benzene rings is 1. The van der Waals surface area contributed by atoms with E-state index >= 15 is 0 Å². The SMILES string of the molecule is CCCC(CCO)CN=C(NCC)NCC1CCN(c2cc(Cl)ccc2C)C1. The molecule has 5 nitrogen and oxygen atoms in total. The summed E-state index contributed by atoms with van der Waals surface area (Å²) in [5.41, 5.74) is 2.53. The number of hydrogen-bond donors (Lipinski definition) is 3. The molecule has 1 aromatic rings. The fourth-order valence-corrected chi connectivity index (χ4v) is 4.03. The van der Waals surface area contributed by atoms with Crippen molar-refractivity contribution in [3.63, 3.8) is 0 Å². The van der Waals surface area contributed by atoms with E-state index in [0.717, 1.165) is 63.0 Å². The molecule has 158 valence electrons. The van der Waals surface area contributed by atoms with E-state index in [0.29, 0.717) is 11.8 Å². The van der Waals surface area contributed by atoms with Crippen molar-refractivity contribution in [3.05, 3.63) is 28.8 Å². The molecular formula is C22H37ClN4O. The van der Waals surface area contributed by atoms with Crippen LogP contribution in [0.1, 0.15) is 45.1 Å². The molecule has 0 aliphatic carbocycles. The number of guanidine groups is 1. The number of rotatable bonds is 10. The lowest BCUT2D eigenvalue weighted by Crippen LogP contribution is -2.40. The van der Waals surface area contributed by atoms with Crippen molar-refractivity contribution in [2.75, 3.05) is 44.2 Å². The van der Waals surface area contributed by atoms with Crippen LogP contribution in [0, 0.1) is 18.8 Å². The summed E-state index contributed by atoms with van der Waals surface area (Å²) in [5.74, 6) is 1.93. The molecule has 2 atom stereocenters. The van der Waals surface area contributed by atoms with Crippen molar-refractivity contribution in [2.24, 2.45) is 16.8 Å². The van der Waals surface area contributed by atoms with Crippen molar-refractivity contribution >= 4 is 23.2 Å². The molecule has 1 aromatic carbocycles. The number of nitrogens with one attached hydrogen (secondary N) is 2. The molecule has 1 fully saturated rings. The second-order valence-electron chi connectivity index (χ2n) is 7.80. The molecule has 2 rings (SSSR count). The minimum absolute atomic E-state index is 0.241. The minimum atomic E-state index is 0.241. The van der Waals surface area contributed by atoms with E-state index in [-0.39, 0.29) is 6.61 Å². The van der Waals surface area contributed by atoms with Crippen LogP contribution in [0.2, 0.25) is 5.02 Å². The van der Waals surface area contributed by atoms with E-state index in [9.17, 15) is 5.11 Å². The zero-order valence-corrected chi connectivity index (χ0v) is 18.4. The van der Waals surface area contributed by atoms with Gasteiger partial charge in [-0.15, -0.1) is 0 Å². The smallest absolute Gasteiger partial charge is 0.191 e. The fourth-order valence-electron chi connectivity index (χ4n) is 3.86. The molecule has 1 saturated heterocycles. The van der Waals surface area contributed by atoms with Crippen LogP contribution in [-0.2, 0) is 0 Å². The largest absolute Gasteiger partial charge is 0.396 e. The summed E-state index contributed by atoms with van der Waals surface area (Å²) < 4.78 is 0. The average molecular weight is 409 g/mol. The van der Waals surface area contributed by atoms with Gasteiger partial charge in [-0.25, -0.2) is 0 Å². The first kappa shape index (κ1) is 22.8. The predicted molar refractivity (Wildman–Crippen MR) is 121 cm³/mol. The molecule has 0 aromatic heterocycles. The van der Waals surface area contributed by atoms with Crippen molar-refractivity contribution in [2.45, 2.75) is 46.5 Å². The molecule has 0 bridgehead atoms. The van der Waals surface area contributed by atoms with Crippen molar-refractivity contribution in [3.8, 4) is 0 Å². The monoisotopic (exact) mass is 408 g/mol. The summed E-state index contributed by atoms with van der Waals surface area (Å²) in [6.45, 7) is 11.3. The zero-order valence-electron chi connectivity index (χ0n) is 17.7. The first-order valence-electron chi connectivity index (χ1n) is 10.7. The van der Waals surface area contributed by atoms with E-state index in [2.05, 4.69) is 48.4 Å². The average Bonchev–Trinajstić information content (AvgIpc) is 3.15. The maximum atomic E-state index is 9.24. The standard InChI is InChI=1S/C22H37ClN4O/c1-4-6-18(10-12-28)14-25-22(24-5-2)26-15-19-9-11-27(16-19)21-13-20(23)8-7-17(21)3/h7-8,13,18-19,28H,4-6,9-12,14-16H2,1-3H3,(H2,24,25,26). The number of halogens is 1. The topological polar surface area (TPSA) is 59.9 Å². The maximum absolute atomic E-state index is 9.24. The van der Waals surface area contributed by atoms with Crippen LogP contribution in [0.3, 0.4) is 0 Å². The van der Waals surface area contributed by atoms with Crippen LogP contribution in [0.4, 0.5) is 5.69 Å². The Kier molecular flexibility index (Phi) is 9.93. The number of aliphatic hydroxyl groups excluding tert-OH is 1. The zero-order chi connectivity index (χ0) is 20.4. The van der Waals surface area contributed by atoms with Crippen molar-refractivity contribution in [1.29, 1.82) is 0 Å². The van der Waals surface area contributed by atoms with Gasteiger partial charge in [-0.2, -0.15) is 0 Å². The third-order valence-electron chi connectivity index (χ3n) is 5.44. The van der Waals surface area contributed by atoms with Crippen LogP contribution in [-0.4, -0.2) is 50.4 Å². The minimum Gasteiger partial charge on any atom is -0.396 e. The fraction of sp³-hybridized carbons (Fsp3) is 0.682. The highest BCUT2D eigenvalue weighted by Crippen LogP contribution is 2.29. The molecule has 6 heteroatoms. The Bertz CT molecular complexity index is 617. The molecule has 1 aliphatic heterocycles. The van der Waals surface area contributed by atoms with Crippen molar-refractivity contribution < 1.29 is 5.11 Å². The molecule has 0 spiro atoms. The van der Waals surface area contributed by atoms with Gasteiger partial charge >= 0.3 is 0 Å². The normalized spacial score (nSPS) is 18.4. The molecule has 0 amide bonds. The molecule has 2 unspecified atom stereocenters. The lowest BCUT2D eigenvalue weighted by Gasteiger charge is -2.22.